The Morgan fingerprint density at radius 1 is 1.44 bits per heavy atom. The minimum absolute atomic E-state index is 0.0656. The molecule has 90 valence electrons. The van der Waals surface area contributed by atoms with E-state index >= 15 is 0 Å². The largest absolute Gasteiger partial charge is 0.495 e. The summed E-state index contributed by atoms with van der Waals surface area (Å²) in [6.07, 6.45) is 0. The molecule has 0 heterocycles. The summed E-state index contributed by atoms with van der Waals surface area (Å²) in [6, 6.07) is 5.90. The van der Waals surface area contributed by atoms with Gasteiger partial charge in [0.05, 0.1) is 18.7 Å². The molecule has 16 heavy (non-hydrogen) atoms. The topological polar surface area (TPSA) is 41.5 Å². The van der Waals surface area contributed by atoms with Crippen molar-refractivity contribution >= 4 is 11.6 Å². The van der Waals surface area contributed by atoms with Crippen LogP contribution in [0.5, 0.6) is 5.75 Å². The Morgan fingerprint density at radius 2 is 2.12 bits per heavy atom. The minimum Gasteiger partial charge on any atom is -0.495 e. The molecule has 4 heteroatoms. The van der Waals surface area contributed by atoms with E-state index < -0.39 is 0 Å². The summed E-state index contributed by atoms with van der Waals surface area (Å²) in [6.45, 7) is 4.08. The van der Waals surface area contributed by atoms with Crippen molar-refractivity contribution in [2.24, 2.45) is 0 Å². The Labute approximate surface area is 101 Å². The monoisotopic (exact) mass is 243 g/mol. The molecule has 0 aromatic heterocycles. The molecule has 2 atom stereocenters. The fourth-order valence-corrected chi connectivity index (χ4v) is 1.79. The van der Waals surface area contributed by atoms with Crippen LogP contribution >= 0.6 is 11.6 Å². The lowest BCUT2D eigenvalue weighted by atomic mass is 10.1. The van der Waals surface area contributed by atoms with Crippen LogP contribution in [0.15, 0.2) is 18.2 Å². The van der Waals surface area contributed by atoms with Crippen molar-refractivity contribution in [3.8, 4) is 5.75 Å². The van der Waals surface area contributed by atoms with Gasteiger partial charge in [-0.1, -0.05) is 17.7 Å². The molecule has 0 amide bonds. The Kier molecular flexibility index (Phi) is 5.06. The van der Waals surface area contributed by atoms with Crippen molar-refractivity contribution < 1.29 is 9.84 Å². The number of aliphatic hydroxyl groups is 1. The van der Waals surface area contributed by atoms with E-state index in [0.717, 1.165) is 5.56 Å². The van der Waals surface area contributed by atoms with Gasteiger partial charge in [0.15, 0.2) is 0 Å². The van der Waals surface area contributed by atoms with E-state index in [1.165, 1.54) is 0 Å². The van der Waals surface area contributed by atoms with Crippen molar-refractivity contribution in [3.05, 3.63) is 28.8 Å². The van der Waals surface area contributed by atoms with E-state index in [4.69, 9.17) is 21.4 Å². The number of methoxy groups -OCH3 is 1. The maximum atomic E-state index is 8.96. The van der Waals surface area contributed by atoms with Crippen LogP contribution in [0.4, 0.5) is 0 Å². The lowest BCUT2D eigenvalue weighted by Crippen LogP contribution is -2.31. The van der Waals surface area contributed by atoms with Crippen LogP contribution in [0.2, 0.25) is 5.02 Å². The molecule has 0 radical (unpaired) electrons. The summed E-state index contributed by atoms with van der Waals surface area (Å²) in [7, 11) is 1.59. The summed E-state index contributed by atoms with van der Waals surface area (Å²) >= 11 is 6.04. The van der Waals surface area contributed by atoms with Crippen molar-refractivity contribution in [1.82, 2.24) is 5.32 Å². The van der Waals surface area contributed by atoms with E-state index in [0.29, 0.717) is 10.8 Å². The maximum absolute atomic E-state index is 8.96. The quantitative estimate of drug-likeness (QED) is 0.835. The highest BCUT2D eigenvalue weighted by Gasteiger charge is 2.10. The zero-order valence-electron chi connectivity index (χ0n) is 9.83. The molecule has 2 N–H and O–H groups in total. The van der Waals surface area contributed by atoms with Gasteiger partial charge in [-0.15, -0.1) is 0 Å². The molecule has 2 unspecified atom stereocenters. The maximum Gasteiger partial charge on any atom is 0.137 e. The highest BCUT2D eigenvalue weighted by Crippen LogP contribution is 2.27. The lowest BCUT2D eigenvalue weighted by molar-refractivity contribution is 0.243. The molecule has 0 aliphatic rings. The van der Waals surface area contributed by atoms with Crippen molar-refractivity contribution in [1.29, 1.82) is 0 Å². The molecule has 0 aliphatic carbocycles. The normalized spacial score (nSPS) is 14.6. The van der Waals surface area contributed by atoms with E-state index in [9.17, 15) is 0 Å². The van der Waals surface area contributed by atoms with E-state index in [1.807, 2.05) is 32.0 Å². The lowest BCUT2D eigenvalue weighted by Gasteiger charge is -2.19. The summed E-state index contributed by atoms with van der Waals surface area (Å²) in [4.78, 5) is 0. The first-order valence-electron chi connectivity index (χ1n) is 5.28. The van der Waals surface area contributed by atoms with Gasteiger partial charge in [0.1, 0.15) is 5.75 Å². The van der Waals surface area contributed by atoms with Gasteiger partial charge in [-0.05, 0) is 31.5 Å². The van der Waals surface area contributed by atoms with Crippen molar-refractivity contribution in [2.45, 2.75) is 25.9 Å². The van der Waals surface area contributed by atoms with Crippen LogP contribution in [-0.4, -0.2) is 24.9 Å². The first-order valence-corrected chi connectivity index (χ1v) is 5.66. The smallest absolute Gasteiger partial charge is 0.137 e. The number of nitrogens with one attached hydrogen (secondary N) is 1. The van der Waals surface area contributed by atoms with Crippen LogP contribution in [0.1, 0.15) is 25.5 Å². The third-order valence-corrected chi connectivity index (χ3v) is 2.78. The van der Waals surface area contributed by atoms with E-state index in [2.05, 4.69) is 5.32 Å². The summed E-state index contributed by atoms with van der Waals surface area (Å²) in [5.41, 5.74) is 1.08. The molecule has 0 bridgehead atoms. The van der Waals surface area contributed by atoms with Crippen LogP contribution in [-0.2, 0) is 0 Å². The van der Waals surface area contributed by atoms with Gasteiger partial charge in [-0.2, -0.15) is 0 Å². The van der Waals surface area contributed by atoms with Gasteiger partial charge in [-0.3, -0.25) is 0 Å². The van der Waals surface area contributed by atoms with Gasteiger partial charge in [0.25, 0.3) is 0 Å². The second-order valence-corrected chi connectivity index (χ2v) is 4.27. The fraction of sp³-hybridized carbons (Fsp3) is 0.500. The predicted molar refractivity (Wildman–Crippen MR) is 66.1 cm³/mol. The van der Waals surface area contributed by atoms with Crippen molar-refractivity contribution in [3.63, 3.8) is 0 Å². The number of ether oxygens (including phenoxy) is 1. The van der Waals surface area contributed by atoms with Gasteiger partial charge in [0.2, 0.25) is 0 Å². The number of rotatable bonds is 5. The van der Waals surface area contributed by atoms with Crippen LogP contribution < -0.4 is 10.1 Å². The standard InChI is InChI=1S/C12H18ClNO2/c1-8(7-15)14-9(2)10-4-5-12(16-3)11(13)6-10/h4-6,8-9,14-15H,7H2,1-3H3. The Balaban J connectivity index is 2.76. The highest BCUT2D eigenvalue weighted by atomic mass is 35.5. The number of benzene rings is 1. The van der Waals surface area contributed by atoms with Gasteiger partial charge >= 0.3 is 0 Å². The average molecular weight is 244 g/mol. The van der Waals surface area contributed by atoms with Crippen LogP contribution in [0.3, 0.4) is 0 Å². The number of hydrogen-bond acceptors (Lipinski definition) is 3. The summed E-state index contributed by atoms with van der Waals surface area (Å²) in [5.74, 6) is 0.674. The predicted octanol–water partition coefficient (Wildman–Crippen LogP) is 2.38. The Hall–Kier alpha value is -0.770. The highest BCUT2D eigenvalue weighted by molar-refractivity contribution is 6.32. The van der Waals surface area contributed by atoms with E-state index in [1.54, 1.807) is 7.11 Å². The average Bonchev–Trinajstić information content (AvgIpc) is 2.28. The number of hydrogen-bond donors (Lipinski definition) is 2. The molecule has 0 saturated carbocycles. The van der Waals surface area contributed by atoms with Crippen LogP contribution in [0, 0.1) is 0 Å². The first kappa shape index (κ1) is 13.3. The fourth-order valence-electron chi connectivity index (χ4n) is 1.53. The van der Waals surface area contributed by atoms with Gasteiger partial charge in [0, 0.05) is 12.1 Å². The SMILES string of the molecule is COc1ccc(C(C)NC(C)CO)cc1Cl. The van der Waals surface area contributed by atoms with E-state index in [-0.39, 0.29) is 18.7 Å². The molecule has 1 aromatic rings. The molecule has 0 fully saturated rings. The summed E-state index contributed by atoms with van der Waals surface area (Å²) < 4.78 is 5.09. The van der Waals surface area contributed by atoms with Gasteiger partial charge in [-0.25, -0.2) is 0 Å². The van der Waals surface area contributed by atoms with Crippen LogP contribution in [0.25, 0.3) is 0 Å². The second-order valence-electron chi connectivity index (χ2n) is 3.87. The van der Waals surface area contributed by atoms with Gasteiger partial charge < -0.3 is 15.2 Å². The minimum atomic E-state index is 0.0656. The molecular formula is C12H18ClNO2. The molecule has 0 spiro atoms. The first-order chi connectivity index (χ1) is 7.58. The molecule has 0 aliphatic heterocycles. The van der Waals surface area contributed by atoms with Crippen molar-refractivity contribution in [2.75, 3.05) is 13.7 Å². The number of aliphatic hydroxyl groups excluding tert-OH is 1. The molecule has 0 saturated heterocycles. The molecule has 1 aromatic carbocycles. The zero-order chi connectivity index (χ0) is 12.1. The molecule has 3 nitrogen and oxygen atoms in total. The third-order valence-electron chi connectivity index (χ3n) is 2.48. The molecule has 1 rings (SSSR count). The Bertz CT molecular complexity index is 344. The number of halogens is 1. The second kappa shape index (κ2) is 6.09. The zero-order valence-corrected chi connectivity index (χ0v) is 10.6. The third kappa shape index (κ3) is 3.37. The Morgan fingerprint density at radius 3 is 2.62 bits per heavy atom. The molecular weight excluding hydrogens is 226 g/mol. The summed E-state index contributed by atoms with van der Waals surface area (Å²) in [5, 5.41) is 12.8.